The van der Waals surface area contributed by atoms with Crippen LogP contribution in [0.5, 0.6) is 0 Å². The van der Waals surface area contributed by atoms with E-state index in [0.717, 1.165) is 23.4 Å². The second-order valence-electron chi connectivity index (χ2n) is 4.79. The van der Waals surface area contributed by atoms with Crippen LogP contribution in [0.4, 0.5) is 18.9 Å². The Bertz CT molecular complexity index is 660. The molecule has 0 radical (unpaired) electrons. The summed E-state index contributed by atoms with van der Waals surface area (Å²) in [6, 6.07) is 0.773. The van der Waals surface area contributed by atoms with E-state index in [2.05, 4.69) is 4.98 Å². The number of primary sulfonamides is 1. The molecule has 1 aliphatic rings. The van der Waals surface area contributed by atoms with Gasteiger partial charge in [-0.15, -0.1) is 0 Å². The van der Waals surface area contributed by atoms with Gasteiger partial charge < -0.3 is 4.90 Å². The first-order chi connectivity index (χ1) is 9.58. The molecule has 1 unspecified atom stereocenters. The summed E-state index contributed by atoms with van der Waals surface area (Å²) in [6.07, 6.45) is -2.87. The van der Waals surface area contributed by atoms with E-state index in [9.17, 15) is 26.4 Å². The minimum absolute atomic E-state index is 0.135. The molecule has 0 bridgehead atoms. The van der Waals surface area contributed by atoms with Crippen LogP contribution in [0.2, 0.25) is 0 Å². The van der Waals surface area contributed by atoms with Crippen LogP contribution in [0, 0.1) is 5.92 Å². The molecule has 1 amide bonds. The van der Waals surface area contributed by atoms with E-state index in [0.29, 0.717) is 0 Å². The van der Waals surface area contributed by atoms with Gasteiger partial charge in [-0.3, -0.25) is 9.78 Å². The number of rotatable bonds is 3. The second-order valence-corrected chi connectivity index (χ2v) is 6.45. The predicted molar refractivity (Wildman–Crippen MR) is 67.7 cm³/mol. The number of halogens is 3. The minimum atomic E-state index is -4.63. The molecule has 2 rings (SSSR count). The Kier molecular flexibility index (Phi) is 3.93. The van der Waals surface area contributed by atoms with E-state index in [1.165, 1.54) is 0 Å². The maximum absolute atomic E-state index is 12.9. The number of aromatic nitrogens is 1. The zero-order valence-electron chi connectivity index (χ0n) is 10.7. The molecule has 1 atom stereocenters. The lowest BCUT2D eigenvalue weighted by molar-refractivity contribution is -0.137. The molecule has 0 aromatic carbocycles. The van der Waals surface area contributed by atoms with Crippen LogP contribution in [0.25, 0.3) is 0 Å². The number of alkyl halides is 3. The summed E-state index contributed by atoms with van der Waals surface area (Å²) < 4.78 is 60.8. The molecule has 21 heavy (non-hydrogen) atoms. The molecule has 116 valence electrons. The minimum Gasteiger partial charge on any atom is -0.310 e. The third kappa shape index (κ3) is 3.70. The zero-order valence-corrected chi connectivity index (χ0v) is 11.5. The first kappa shape index (κ1) is 15.7. The van der Waals surface area contributed by atoms with Gasteiger partial charge in [0.05, 0.1) is 23.2 Å². The number of hydrogen-bond acceptors (Lipinski definition) is 4. The number of hydrogen-bond donors (Lipinski definition) is 1. The van der Waals surface area contributed by atoms with Crippen molar-refractivity contribution in [2.45, 2.75) is 12.6 Å². The third-order valence-electron chi connectivity index (χ3n) is 3.07. The number of anilines is 1. The molecule has 2 N–H and O–H groups in total. The number of nitrogens with zero attached hydrogens (tertiary/aromatic N) is 2. The van der Waals surface area contributed by atoms with Crippen molar-refractivity contribution >= 4 is 21.6 Å². The monoisotopic (exact) mass is 323 g/mol. The van der Waals surface area contributed by atoms with Gasteiger partial charge in [-0.1, -0.05) is 0 Å². The van der Waals surface area contributed by atoms with Crippen molar-refractivity contribution in [2.24, 2.45) is 11.1 Å². The summed E-state index contributed by atoms with van der Waals surface area (Å²) in [5.74, 6) is -1.66. The van der Waals surface area contributed by atoms with Gasteiger partial charge in [-0.05, 0) is 6.07 Å². The summed E-state index contributed by atoms with van der Waals surface area (Å²) in [5.41, 5.74) is -1.35. The highest BCUT2D eigenvalue weighted by atomic mass is 32.2. The lowest BCUT2D eigenvalue weighted by atomic mass is 10.1. The Morgan fingerprint density at radius 1 is 1.43 bits per heavy atom. The van der Waals surface area contributed by atoms with E-state index in [1.807, 2.05) is 0 Å². The molecule has 0 spiro atoms. The fraction of sp³-hybridized carbons (Fsp3) is 0.455. The first-order valence-corrected chi connectivity index (χ1v) is 7.61. The number of carbonyl (C=O) groups excluding carboxylic acids is 1. The van der Waals surface area contributed by atoms with Crippen LogP contribution in [-0.2, 0) is 21.0 Å². The van der Waals surface area contributed by atoms with Gasteiger partial charge in [-0.2, -0.15) is 13.2 Å². The highest BCUT2D eigenvalue weighted by molar-refractivity contribution is 7.89. The average Bonchev–Trinajstić information content (AvgIpc) is 2.66. The van der Waals surface area contributed by atoms with Crippen molar-refractivity contribution in [2.75, 3.05) is 17.2 Å². The van der Waals surface area contributed by atoms with Gasteiger partial charge >= 0.3 is 6.18 Å². The molecular formula is C11H12F3N3O3S. The predicted octanol–water partition coefficient (Wildman–Crippen LogP) is 0.742. The molecule has 0 saturated carbocycles. The fourth-order valence-electron chi connectivity index (χ4n) is 2.30. The lowest BCUT2D eigenvalue weighted by Crippen LogP contribution is -2.29. The topological polar surface area (TPSA) is 93.4 Å². The van der Waals surface area contributed by atoms with Crippen LogP contribution in [-0.4, -0.2) is 31.6 Å². The van der Waals surface area contributed by atoms with Gasteiger partial charge in [-0.25, -0.2) is 13.6 Å². The summed E-state index contributed by atoms with van der Waals surface area (Å²) in [5, 5.41) is 4.89. The third-order valence-corrected chi connectivity index (χ3v) is 4.01. The maximum atomic E-state index is 12.9. The molecule has 2 heterocycles. The molecule has 1 fully saturated rings. The second kappa shape index (κ2) is 5.26. The van der Waals surface area contributed by atoms with Crippen molar-refractivity contribution in [3.63, 3.8) is 0 Å². The molecule has 0 aliphatic carbocycles. The smallest absolute Gasteiger partial charge is 0.310 e. The largest absolute Gasteiger partial charge is 0.418 e. The van der Waals surface area contributed by atoms with Crippen LogP contribution >= 0.6 is 0 Å². The summed E-state index contributed by atoms with van der Waals surface area (Å²) in [7, 11) is -3.79. The van der Waals surface area contributed by atoms with E-state index < -0.39 is 39.3 Å². The zero-order chi connectivity index (χ0) is 15.8. The van der Waals surface area contributed by atoms with Crippen molar-refractivity contribution < 1.29 is 26.4 Å². The molecule has 1 saturated heterocycles. The Morgan fingerprint density at radius 2 is 2.10 bits per heavy atom. The number of carbonyl (C=O) groups is 1. The number of pyridine rings is 1. The van der Waals surface area contributed by atoms with E-state index >= 15 is 0 Å². The standard InChI is InChI=1S/C11H12F3N3O3S/c12-11(13,14)8-1-2-16-4-9(8)17-5-7(3-10(17)18)6-21(15,19)20/h1-2,4,7H,3,5-6H2,(H2,15,19,20). The highest BCUT2D eigenvalue weighted by Crippen LogP contribution is 2.38. The average molecular weight is 323 g/mol. The Hall–Kier alpha value is -1.68. The number of nitrogens with two attached hydrogens (primary N) is 1. The van der Waals surface area contributed by atoms with Gasteiger partial charge in [0.1, 0.15) is 0 Å². The van der Waals surface area contributed by atoms with Crippen LogP contribution in [0.3, 0.4) is 0 Å². The van der Waals surface area contributed by atoms with Gasteiger partial charge in [0.15, 0.2) is 0 Å². The molecular weight excluding hydrogens is 311 g/mol. The van der Waals surface area contributed by atoms with E-state index in [-0.39, 0.29) is 18.7 Å². The van der Waals surface area contributed by atoms with Crippen molar-refractivity contribution in [1.29, 1.82) is 0 Å². The summed E-state index contributed by atoms with van der Waals surface area (Å²) in [6.45, 7) is -0.135. The first-order valence-electron chi connectivity index (χ1n) is 5.90. The van der Waals surface area contributed by atoms with Crippen molar-refractivity contribution in [3.8, 4) is 0 Å². The van der Waals surface area contributed by atoms with Gasteiger partial charge in [0.2, 0.25) is 15.9 Å². The number of amides is 1. The molecule has 1 aromatic rings. The van der Waals surface area contributed by atoms with Crippen LogP contribution in [0.1, 0.15) is 12.0 Å². The lowest BCUT2D eigenvalue weighted by Gasteiger charge is -2.20. The Morgan fingerprint density at radius 3 is 2.67 bits per heavy atom. The van der Waals surface area contributed by atoms with E-state index in [1.54, 1.807) is 0 Å². The van der Waals surface area contributed by atoms with Crippen LogP contribution in [0.15, 0.2) is 18.5 Å². The van der Waals surface area contributed by atoms with Crippen LogP contribution < -0.4 is 10.0 Å². The molecule has 10 heteroatoms. The highest BCUT2D eigenvalue weighted by Gasteiger charge is 2.39. The Balaban J connectivity index is 2.30. The van der Waals surface area contributed by atoms with Crippen molar-refractivity contribution in [1.82, 2.24) is 4.98 Å². The summed E-state index contributed by atoms with van der Waals surface area (Å²) >= 11 is 0. The normalized spacial score (nSPS) is 20.1. The molecule has 6 nitrogen and oxygen atoms in total. The quantitative estimate of drug-likeness (QED) is 0.888. The van der Waals surface area contributed by atoms with Gasteiger partial charge in [0.25, 0.3) is 0 Å². The van der Waals surface area contributed by atoms with Crippen molar-refractivity contribution in [3.05, 3.63) is 24.0 Å². The van der Waals surface area contributed by atoms with E-state index in [4.69, 9.17) is 5.14 Å². The number of sulfonamides is 1. The molecule has 1 aliphatic heterocycles. The molecule has 1 aromatic heterocycles. The Labute approximate surface area is 118 Å². The fourth-order valence-corrected chi connectivity index (χ4v) is 3.18. The maximum Gasteiger partial charge on any atom is 0.418 e. The summed E-state index contributed by atoms with van der Waals surface area (Å²) in [4.78, 5) is 16.4. The van der Waals surface area contributed by atoms with Gasteiger partial charge in [0, 0.05) is 25.1 Å². The SMILES string of the molecule is NS(=O)(=O)CC1CC(=O)N(c2cnccc2C(F)(F)F)C1.